The molecule has 8 nitrogen and oxygen atoms in total. The molecule has 0 unspecified atom stereocenters. The minimum atomic E-state index is -0.421. The van der Waals surface area contributed by atoms with Crippen molar-refractivity contribution >= 4 is 105 Å². The maximum atomic E-state index is 7.62. The summed E-state index contributed by atoms with van der Waals surface area (Å²) in [4.78, 5) is 18.3. The Balaban J connectivity index is 0.684. The van der Waals surface area contributed by atoms with Crippen LogP contribution in [0.15, 0.2) is 373 Å². The number of hydrogen-bond donors (Lipinski definition) is 0. The standard InChI is InChI=1S/C114H78N6O2/c1-112(2)92-42-22-19-39-80(92)82-52-50-78(64-95(82)112)118(76-48-45-69(46-49-76)67-27-11-7-12-28-67)79-51-53-83-85-54-56-89-102-97(119(75-36-17-10-18-37-75)105(89)107(85)122-99(83)65-79)66-90(100-87-41-21-24-44-94(87)114(5,6)104(100)102)72-47-60-98-91(63-72)86-55-57-88-101-96(59-58-84-81-40-20-23-43-93(81)113(3,4)103(84)101)120(106(88)108(86)121-98)77-38-26-35-74(62-77)111-116-109(70-31-15-9-16-32-70)115-110(117-111)73-34-25-33-71(61-73)68-29-13-8-14-30-68/h7-66H,1-6H3. The molecule has 5 heterocycles. The van der Waals surface area contributed by atoms with E-state index in [9.17, 15) is 0 Å². The number of para-hydroxylation sites is 1. The molecule has 17 aromatic carbocycles. The van der Waals surface area contributed by atoms with Crippen LogP contribution in [0.2, 0.25) is 0 Å². The Morgan fingerprint density at radius 2 is 0.705 bits per heavy atom. The van der Waals surface area contributed by atoms with Gasteiger partial charge in [-0.3, -0.25) is 0 Å². The molecule has 3 aliphatic carbocycles. The van der Waals surface area contributed by atoms with Crippen LogP contribution < -0.4 is 4.90 Å². The van der Waals surface area contributed by atoms with Crippen molar-refractivity contribution in [1.29, 1.82) is 0 Å². The lowest BCUT2D eigenvalue weighted by atomic mass is 9.79. The molecule has 0 bridgehead atoms. The Hall–Kier alpha value is -15.3. The van der Waals surface area contributed by atoms with E-state index < -0.39 is 5.41 Å². The Labute approximate surface area is 705 Å². The van der Waals surface area contributed by atoms with Gasteiger partial charge in [-0.2, -0.15) is 0 Å². The average molecular weight is 1560 g/mol. The quantitative estimate of drug-likeness (QED) is 0.128. The van der Waals surface area contributed by atoms with Crippen molar-refractivity contribution in [1.82, 2.24) is 24.1 Å². The smallest absolute Gasteiger partial charge is 0.164 e. The second-order valence-corrected chi connectivity index (χ2v) is 34.9. The van der Waals surface area contributed by atoms with Gasteiger partial charge < -0.3 is 22.9 Å². The summed E-state index contributed by atoms with van der Waals surface area (Å²) in [7, 11) is 0. The van der Waals surface area contributed by atoms with Crippen molar-refractivity contribution in [2.75, 3.05) is 4.90 Å². The number of rotatable bonds is 11. The van der Waals surface area contributed by atoms with Crippen molar-refractivity contribution in [3.8, 4) is 112 Å². The summed E-state index contributed by atoms with van der Waals surface area (Å²) in [5.74, 6) is 1.77. The second kappa shape index (κ2) is 25.9. The normalized spacial score (nSPS) is 13.9. The van der Waals surface area contributed by atoms with Crippen molar-refractivity contribution < 1.29 is 8.83 Å². The summed E-state index contributed by atoms with van der Waals surface area (Å²) in [6.45, 7) is 14.3. The predicted molar refractivity (Wildman–Crippen MR) is 503 cm³/mol. The van der Waals surface area contributed by atoms with Crippen LogP contribution in [-0.2, 0) is 16.2 Å². The first kappa shape index (κ1) is 69.8. The van der Waals surface area contributed by atoms with Gasteiger partial charge in [0.15, 0.2) is 28.6 Å². The van der Waals surface area contributed by atoms with Crippen LogP contribution in [0, 0.1) is 0 Å². The molecular formula is C114H78N6O2. The summed E-state index contributed by atoms with van der Waals surface area (Å²) in [5.41, 5.74) is 36.6. The number of benzene rings is 17. The highest BCUT2D eigenvalue weighted by Gasteiger charge is 2.43. The number of nitrogens with zero attached hydrogens (tertiary/aromatic N) is 6. The third-order valence-electron chi connectivity index (χ3n) is 27.1. The Kier molecular flexibility index (Phi) is 14.8. The van der Waals surface area contributed by atoms with Crippen molar-refractivity contribution in [3.05, 3.63) is 397 Å². The zero-order valence-electron chi connectivity index (χ0n) is 68.1. The molecule has 0 amide bonds. The van der Waals surface area contributed by atoms with E-state index in [2.05, 4.69) is 395 Å². The monoisotopic (exact) mass is 1560 g/mol. The van der Waals surface area contributed by atoms with E-state index in [-0.39, 0.29) is 10.8 Å². The van der Waals surface area contributed by atoms with Crippen LogP contribution in [0.3, 0.4) is 0 Å². The van der Waals surface area contributed by atoms with Gasteiger partial charge in [-0.05, 0) is 203 Å². The highest BCUT2D eigenvalue weighted by molar-refractivity contribution is 6.27. The molecule has 25 rings (SSSR count). The van der Waals surface area contributed by atoms with Crippen LogP contribution >= 0.6 is 0 Å². The molecule has 0 saturated carbocycles. The van der Waals surface area contributed by atoms with E-state index in [1.54, 1.807) is 0 Å². The molecule has 3 aliphatic rings. The highest BCUT2D eigenvalue weighted by Crippen LogP contribution is 2.60. The first-order valence-electron chi connectivity index (χ1n) is 42.3. The number of aromatic nitrogens is 5. The summed E-state index contributed by atoms with van der Waals surface area (Å²) < 4.78 is 20.1. The largest absolute Gasteiger partial charge is 0.454 e. The molecule has 0 saturated heterocycles. The molecule has 0 radical (unpaired) electrons. The van der Waals surface area contributed by atoms with Gasteiger partial charge in [0.05, 0.1) is 22.1 Å². The molecule has 8 heteroatoms. The van der Waals surface area contributed by atoms with Crippen LogP contribution in [0.4, 0.5) is 17.1 Å². The van der Waals surface area contributed by atoms with Gasteiger partial charge in [-0.15, -0.1) is 0 Å². The zero-order valence-corrected chi connectivity index (χ0v) is 68.1. The van der Waals surface area contributed by atoms with Gasteiger partial charge in [0.25, 0.3) is 0 Å². The zero-order chi connectivity index (χ0) is 81.2. The molecule has 22 aromatic rings. The van der Waals surface area contributed by atoms with Crippen LogP contribution in [-0.4, -0.2) is 24.1 Å². The number of hydrogen-bond acceptors (Lipinski definition) is 6. The minimum absolute atomic E-state index is 0.196. The van der Waals surface area contributed by atoms with E-state index in [1.807, 2.05) is 24.3 Å². The fourth-order valence-electron chi connectivity index (χ4n) is 21.4. The van der Waals surface area contributed by atoms with Crippen LogP contribution in [0.25, 0.3) is 200 Å². The number of anilines is 3. The van der Waals surface area contributed by atoms with Gasteiger partial charge in [0.2, 0.25) is 0 Å². The third-order valence-corrected chi connectivity index (χ3v) is 27.1. The lowest BCUT2D eigenvalue weighted by Gasteiger charge is -2.28. The highest BCUT2D eigenvalue weighted by atomic mass is 16.3. The SMILES string of the molecule is CC1(C)c2ccccc2-c2ccc(N(c3ccc(-c4ccccc4)cc3)c3ccc4c(c3)oc3c4ccc4c5c6c(c(-c7ccc8oc9c(ccc%10c%11c%12c(ccc%11n(-c%11cccc(-c%13nc(-c%14ccccc%14)nc(-c%14cccc(-c%15ccccc%15)c%14)n%13)c%11)c%109)-c9ccccc9C%12(C)C)c8c7)cc5n(-c5ccccc5)c43)-c3ccccc3C6(C)C)cc21. The fourth-order valence-corrected chi connectivity index (χ4v) is 21.4. The third kappa shape index (κ3) is 10.1. The first-order chi connectivity index (χ1) is 59.8. The van der Waals surface area contributed by atoms with Gasteiger partial charge in [-0.1, -0.05) is 296 Å². The predicted octanol–water partition coefficient (Wildman–Crippen LogP) is 30.3. The Morgan fingerprint density at radius 3 is 1.39 bits per heavy atom. The molecule has 5 aromatic heterocycles. The lowest BCUT2D eigenvalue weighted by molar-refractivity contribution is 0.660. The topological polar surface area (TPSA) is 78.1 Å². The average Bonchev–Trinajstić information content (AvgIpc) is 1.52. The minimum Gasteiger partial charge on any atom is -0.454 e. The van der Waals surface area contributed by atoms with Crippen molar-refractivity contribution in [2.45, 2.75) is 57.8 Å². The molecular weight excluding hydrogens is 1490 g/mol. The lowest BCUT2D eigenvalue weighted by Crippen LogP contribution is -2.16. The van der Waals surface area contributed by atoms with E-state index >= 15 is 0 Å². The molecule has 0 fully saturated rings. The molecule has 122 heavy (non-hydrogen) atoms. The van der Waals surface area contributed by atoms with Gasteiger partial charge in [0, 0.05) is 111 Å². The summed E-state index contributed by atoms with van der Waals surface area (Å²) in [6.07, 6.45) is 0. The maximum Gasteiger partial charge on any atom is 0.164 e. The second-order valence-electron chi connectivity index (χ2n) is 34.9. The maximum absolute atomic E-state index is 7.62. The van der Waals surface area contributed by atoms with Crippen molar-refractivity contribution in [2.24, 2.45) is 0 Å². The van der Waals surface area contributed by atoms with Gasteiger partial charge in [0.1, 0.15) is 11.2 Å². The summed E-state index contributed by atoms with van der Waals surface area (Å²) in [5, 5.41) is 8.85. The number of furan rings is 2. The molecule has 0 spiro atoms. The van der Waals surface area contributed by atoms with Crippen molar-refractivity contribution in [3.63, 3.8) is 0 Å². The van der Waals surface area contributed by atoms with Crippen LogP contribution in [0.5, 0.6) is 0 Å². The van der Waals surface area contributed by atoms with E-state index in [1.165, 1.54) is 83.1 Å². The Morgan fingerprint density at radius 1 is 0.254 bits per heavy atom. The van der Waals surface area contributed by atoms with Crippen LogP contribution in [0.1, 0.15) is 74.9 Å². The molecule has 0 atom stereocenters. The fraction of sp³-hybridized carbons (Fsp3) is 0.0789. The van der Waals surface area contributed by atoms with E-state index in [4.69, 9.17) is 23.8 Å². The van der Waals surface area contributed by atoms with E-state index in [0.29, 0.717) is 17.5 Å². The van der Waals surface area contributed by atoms with E-state index in [0.717, 1.165) is 150 Å². The molecule has 576 valence electrons. The summed E-state index contributed by atoms with van der Waals surface area (Å²) >= 11 is 0. The Bertz CT molecular complexity index is 8210. The molecule has 0 N–H and O–H groups in total. The van der Waals surface area contributed by atoms with Gasteiger partial charge in [-0.25, -0.2) is 15.0 Å². The van der Waals surface area contributed by atoms with Gasteiger partial charge >= 0.3 is 0 Å². The number of fused-ring (bicyclic) bond motifs is 25. The first-order valence-corrected chi connectivity index (χ1v) is 42.3. The summed E-state index contributed by atoms with van der Waals surface area (Å²) in [6, 6.07) is 133. The molecule has 0 aliphatic heterocycles.